The van der Waals surface area contributed by atoms with Crippen LogP contribution in [0.5, 0.6) is 5.75 Å². The highest BCUT2D eigenvalue weighted by atomic mass is 16.5. The van der Waals surface area contributed by atoms with Crippen molar-refractivity contribution in [2.75, 3.05) is 7.11 Å². The number of methoxy groups -OCH3 is 1. The van der Waals surface area contributed by atoms with Crippen molar-refractivity contribution in [1.29, 1.82) is 0 Å². The predicted molar refractivity (Wildman–Crippen MR) is 57.3 cm³/mol. The zero-order chi connectivity index (χ0) is 12.0. The lowest BCUT2D eigenvalue weighted by molar-refractivity contribution is -0.138. The number of benzene rings is 1. The number of carboxylic acid groups (broad SMARTS) is 1. The standard InChI is InChI=1S/C10H11N3O3/c1-16-8-4-2-7(3-5-8)6-9(10(14)15)12-13-11/h2-5,9H,6H2,1H3,(H,14,15)/t9-/m0/s1. The fourth-order valence-corrected chi connectivity index (χ4v) is 1.22. The molecule has 0 radical (unpaired) electrons. The van der Waals surface area contributed by atoms with Crippen molar-refractivity contribution < 1.29 is 14.6 Å². The van der Waals surface area contributed by atoms with E-state index in [-0.39, 0.29) is 6.42 Å². The van der Waals surface area contributed by atoms with Crippen LogP contribution in [0.3, 0.4) is 0 Å². The lowest BCUT2D eigenvalue weighted by atomic mass is 10.1. The van der Waals surface area contributed by atoms with Gasteiger partial charge in [-0.15, -0.1) is 0 Å². The maximum absolute atomic E-state index is 10.7. The summed E-state index contributed by atoms with van der Waals surface area (Å²) in [4.78, 5) is 13.2. The monoisotopic (exact) mass is 221 g/mol. The van der Waals surface area contributed by atoms with Gasteiger partial charge in [-0.25, -0.2) is 0 Å². The second-order valence-corrected chi connectivity index (χ2v) is 3.11. The number of hydrogen-bond donors (Lipinski definition) is 1. The Hall–Kier alpha value is -2.20. The van der Waals surface area contributed by atoms with E-state index in [1.54, 1.807) is 31.4 Å². The second kappa shape index (κ2) is 5.63. The molecule has 0 saturated carbocycles. The van der Waals surface area contributed by atoms with Gasteiger partial charge < -0.3 is 9.84 Å². The van der Waals surface area contributed by atoms with E-state index >= 15 is 0 Å². The van der Waals surface area contributed by atoms with E-state index < -0.39 is 12.0 Å². The number of azide groups is 1. The van der Waals surface area contributed by atoms with Crippen LogP contribution in [0.4, 0.5) is 0 Å². The summed E-state index contributed by atoms with van der Waals surface area (Å²) >= 11 is 0. The van der Waals surface area contributed by atoms with Crippen LogP contribution in [0.25, 0.3) is 10.4 Å². The summed E-state index contributed by atoms with van der Waals surface area (Å²) in [5, 5.41) is 12.0. The van der Waals surface area contributed by atoms with Crippen molar-refractivity contribution in [3.63, 3.8) is 0 Å². The normalized spacial score (nSPS) is 11.3. The van der Waals surface area contributed by atoms with Crippen molar-refractivity contribution in [3.8, 4) is 5.75 Å². The Morgan fingerprint density at radius 2 is 2.19 bits per heavy atom. The number of carboxylic acids is 1. The van der Waals surface area contributed by atoms with E-state index in [1.807, 2.05) is 0 Å². The lowest BCUT2D eigenvalue weighted by Gasteiger charge is -2.06. The summed E-state index contributed by atoms with van der Waals surface area (Å²) < 4.78 is 4.97. The van der Waals surface area contributed by atoms with Crippen molar-refractivity contribution in [2.45, 2.75) is 12.5 Å². The van der Waals surface area contributed by atoms with Crippen LogP contribution in [0.15, 0.2) is 29.4 Å². The van der Waals surface area contributed by atoms with Gasteiger partial charge in [-0.05, 0) is 29.6 Å². The minimum Gasteiger partial charge on any atom is -0.497 e. The van der Waals surface area contributed by atoms with Crippen molar-refractivity contribution in [1.82, 2.24) is 0 Å². The molecule has 1 N–H and O–H groups in total. The molecule has 16 heavy (non-hydrogen) atoms. The van der Waals surface area contributed by atoms with Crippen molar-refractivity contribution in [3.05, 3.63) is 40.3 Å². The minimum absolute atomic E-state index is 0.170. The average molecular weight is 221 g/mol. The molecule has 0 aromatic heterocycles. The summed E-state index contributed by atoms with van der Waals surface area (Å²) in [6.45, 7) is 0. The molecule has 6 nitrogen and oxygen atoms in total. The van der Waals surface area contributed by atoms with Crippen LogP contribution in [-0.4, -0.2) is 24.2 Å². The molecule has 0 spiro atoms. The molecule has 0 fully saturated rings. The Balaban J connectivity index is 2.77. The van der Waals surface area contributed by atoms with Crippen molar-refractivity contribution >= 4 is 5.97 Å². The Morgan fingerprint density at radius 1 is 1.56 bits per heavy atom. The minimum atomic E-state index is -1.13. The topological polar surface area (TPSA) is 95.3 Å². The largest absolute Gasteiger partial charge is 0.497 e. The number of rotatable bonds is 5. The third-order valence-electron chi connectivity index (χ3n) is 2.06. The molecule has 6 heteroatoms. The highest BCUT2D eigenvalue weighted by Gasteiger charge is 2.15. The smallest absolute Gasteiger partial charge is 0.312 e. The van der Waals surface area contributed by atoms with Gasteiger partial charge in [0.1, 0.15) is 11.8 Å². The quantitative estimate of drug-likeness (QED) is 0.468. The van der Waals surface area contributed by atoms with Crippen molar-refractivity contribution in [2.24, 2.45) is 5.11 Å². The summed E-state index contributed by atoms with van der Waals surface area (Å²) in [6.07, 6.45) is 0.170. The van der Waals surface area contributed by atoms with Crippen LogP contribution in [-0.2, 0) is 11.2 Å². The average Bonchev–Trinajstić information content (AvgIpc) is 2.29. The van der Waals surface area contributed by atoms with E-state index in [2.05, 4.69) is 10.0 Å². The first kappa shape index (κ1) is 11.9. The van der Waals surface area contributed by atoms with Gasteiger partial charge in [-0.1, -0.05) is 17.2 Å². The van der Waals surface area contributed by atoms with E-state index in [0.29, 0.717) is 5.75 Å². The van der Waals surface area contributed by atoms with Crippen LogP contribution in [0, 0.1) is 0 Å². The molecule has 1 rings (SSSR count). The number of hydrogen-bond acceptors (Lipinski definition) is 3. The fraction of sp³-hybridized carbons (Fsp3) is 0.300. The molecule has 0 aliphatic rings. The van der Waals surface area contributed by atoms with Gasteiger partial charge in [-0.2, -0.15) is 0 Å². The Kier molecular flexibility index (Phi) is 4.17. The molecule has 1 aromatic rings. The SMILES string of the molecule is COc1ccc(C[C@H](N=[N+]=[N-])C(=O)O)cc1. The number of aliphatic carboxylic acids is 1. The zero-order valence-corrected chi connectivity index (χ0v) is 8.70. The van der Waals surface area contributed by atoms with Crippen LogP contribution in [0.1, 0.15) is 5.56 Å². The third kappa shape index (κ3) is 3.18. The van der Waals surface area contributed by atoms with Crippen LogP contribution >= 0.6 is 0 Å². The van der Waals surface area contributed by atoms with E-state index in [0.717, 1.165) is 5.56 Å². The van der Waals surface area contributed by atoms with Gasteiger partial charge in [0.05, 0.1) is 7.11 Å². The lowest BCUT2D eigenvalue weighted by Crippen LogP contribution is -2.19. The molecule has 0 heterocycles. The van der Waals surface area contributed by atoms with E-state index in [9.17, 15) is 4.79 Å². The highest BCUT2D eigenvalue weighted by molar-refractivity contribution is 5.74. The van der Waals surface area contributed by atoms with E-state index in [1.165, 1.54) is 0 Å². The number of nitrogens with zero attached hydrogens (tertiary/aromatic N) is 3. The Bertz CT molecular complexity index is 408. The molecule has 0 saturated heterocycles. The maximum atomic E-state index is 10.7. The molecule has 0 bridgehead atoms. The maximum Gasteiger partial charge on any atom is 0.312 e. The van der Waals surface area contributed by atoms with E-state index in [4.69, 9.17) is 15.4 Å². The van der Waals surface area contributed by atoms with Gasteiger partial charge in [0.25, 0.3) is 0 Å². The number of carbonyl (C=O) groups is 1. The predicted octanol–water partition coefficient (Wildman–Crippen LogP) is 2.00. The third-order valence-corrected chi connectivity index (χ3v) is 2.06. The van der Waals surface area contributed by atoms with Gasteiger partial charge in [0, 0.05) is 4.91 Å². The zero-order valence-electron chi connectivity index (χ0n) is 8.70. The molecule has 0 aliphatic heterocycles. The summed E-state index contributed by atoms with van der Waals surface area (Å²) in [7, 11) is 1.55. The van der Waals surface area contributed by atoms with Gasteiger partial charge in [0.15, 0.2) is 0 Å². The Morgan fingerprint density at radius 3 is 2.62 bits per heavy atom. The summed E-state index contributed by atoms with van der Waals surface area (Å²) in [5.41, 5.74) is 9.00. The van der Waals surface area contributed by atoms with Crippen LogP contribution in [0.2, 0.25) is 0 Å². The van der Waals surface area contributed by atoms with Gasteiger partial charge in [0.2, 0.25) is 0 Å². The summed E-state index contributed by atoms with van der Waals surface area (Å²) in [5.74, 6) is -0.437. The van der Waals surface area contributed by atoms with Crippen LogP contribution < -0.4 is 4.74 Å². The first-order valence-electron chi connectivity index (χ1n) is 4.57. The fourth-order valence-electron chi connectivity index (χ4n) is 1.22. The van der Waals surface area contributed by atoms with Gasteiger partial charge in [-0.3, -0.25) is 4.79 Å². The first-order valence-corrected chi connectivity index (χ1v) is 4.57. The van der Waals surface area contributed by atoms with Gasteiger partial charge >= 0.3 is 5.97 Å². The second-order valence-electron chi connectivity index (χ2n) is 3.11. The summed E-state index contributed by atoms with van der Waals surface area (Å²) in [6, 6.07) is 5.86. The molecule has 1 atom stereocenters. The Labute approximate surface area is 92.1 Å². The molecule has 0 amide bonds. The first-order chi connectivity index (χ1) is 7.67. The number of ether oxygens (including phenoxy) is 1. The highest BCUT2D eigenvalue weighted by Crippen LogP contribution is 2.13. The molecule has 1 aromatic carbocycles. The molecule has 84 valence electrons. The molecular formula is C10H11N3O3. The molecule has 0 unspecified atom stereocenters. The molecular weight excluding hydrogens is 210 g/mol. The molecule has 0 aliphatic carbocycles.